The molecule has 0 unspecified atom stereocenters. The van der Waals surface area contributed by atoms with E-state index >= 15 is 0 Å². The van der Waals surface area contributed by atoms with Gasteiger partial charge in [0.2, 0.25) is 0 Å². The minimum atomic E-state index is 0.672. The lowest BCUT2D eigenvalue weighted by molar-refractivity contribution is 0.0963. The number of aliphatic imine (C=N–C) groups is 1. The van der Waals surface area contributed by atoms with Crippen molar-refractivity contribution in [1.29, 1.82) is 0 Å². The summed E-state index contributed by atoms with van der Waals surface area (Å²) in [5, 5.41) is 4.54. The zero-order chi connectivity index (χ0) is 18.8. The Morgan fingerprint density at radius 3 is 2.70 bits per heavy atom. The van der Waals surface area contributed by atoms with E-state index in [1.807, 2.05) is 29.2 Å². The summed E-state index contributed by atoms with van der Waals surface area (Å²) in [5.74, 6) is 0. The average molecular weight is 368 g/mol. The lowest BCUT2D eigenvalue weighted by Crippen LogP contribution is -2.63. The fourth-order valence-corrected chi connectivity index (χ4v) is 3.90. The van der Waals surface area contributed by atoms with Crippen molar-refractivity contribution in [3.63, 3.8) is 0 Å². The van der Waals surface area contributed by atoms with Gasteiger partial charge in [-0.25, -0.2) is 9.50 Å². The number of fused-ring (bicyclic) bond motifs is 1. The first kappa shape index (κ1) is 18.1. The molecule has 2 fully saturated rings. The van der Waals surface area contributed by atoms with E-state index < -0.39 is 0 Å². The molecule has 2 aromatic rings. The van der Waals surface area contributed by atoms with Crippen molar-refractivity contribution >= 4 is 23.1 Å². The Morgan fingerprint density at radius 2 is 2.00 bits per heavy atom. The monoisotopic (exact) mass is 367 g/mol. The van der Waals surface area contributed by atoms with Gasteiger partial charge in [-0.15, -0.1) is 0 Å². The molecular weight excluding hydrogens is 338 g/mol. The van der Waals surface area contributed by atoms with Gasteiger partial charge >= 0.3 is 0 Å². The van der Waals surface area contributed by atoms with E-state index in [0.29, 0.717) is 6.04 Å². The van der Waals surface area contributed by atoms with Gasteiger partial charge in [0, 0.05) is 64.1 Å². The van der Waals surface area contributed by atoms with Crippen LogP contribution in [0, 0.1) is 0 Å². The zero-order valence-electron chi connectivity index (χ0n) is 16.5. The number of rotatable bonds is 5. The number of hydrogen-bond donors (Lipinski definition) is 0. The molecule has 7 nitrogen and oxygen atoms in total. The van der Waals surface area contributed by atoms with Gasteiger partial charge in [0.05, 0.1) is 24.3 Å². The van der Waals surface area contributed by atoms with Gasteiger partial charge in [-0.3, -0.25) is 9.89 Å². The normalized spacial score (nSPS) is 20.7. The third-order valence-electron chi connectivity index (χ3n) is 5.78. The average Bonchev–Trinajstić information content (AvgIpc) is 3.06. The summed E-state index contributed by atoms with van der Waals surface area (Å²) >= 11 is 0. The van der Waals surface area contributed by atoms with Crippen LogP contribution in [0.15, 0.2) is 29.7 Å². The van der Waals surface area contributed by atoms with Crippen LogP contribution < -0.4 is 4.90 Å². The molecule has 144 valence electrons. The maximum Gasteiger partial charge on any atom is 0.162 e. The first-order valence-corrected chi connectivity index (χ1v) is 9.82. The molecule has 7 heteroatoms. The Kier molecular flexibility index (Phi) is 5.22. The third kappa shape index (κ3) is 3.61. The van der Waals surface area contributed by atoms with E-state index in [1.165, 1.54) is 31.8 Å². The van der Waals surface area contributed by atoms with Crippen molar-refractivity contribution in [2.45, 2.75) is 19.4 Å². The van der Waals surface area contributed by atoms with Crippen molar-refractivity contribution in [1.82, 2.24) is 24.4 Å². The lowest BCUT2D eigenvalue weighted by Gasteiger charge is -2.48. The Bertz CT molecular complexity index is 839. The molecule has 2 saturated heterocycles. The van der Waals surface area contributed by atoms with E-state index in [-0.39, 0.29) is 0 Å². The summed E-state index contributed by atoms with van der Waals surface area (Å²) in [7, 11) is 3.99. The second kappa shape index (κ2) is 7.78. The van der Waals surface area contributed by atoms with Crippen molar-refractivity contribution in [2.24, 2.45) is 4.99 Å². The molecule has 0 bridgehead atoms. The predicted octanol–water partition coefficient (Wildman–Crippen LogP) is 1.66. The Balaban J connectivity index is 1.46. The van der Waals surface area contributed by atoms with Crippen LogP contribution in [-0.2, 0) is 0 Å². The zero-order valence-corrected chi connectivity index (χ0v) is 16.5. The van der Waals surface area contributed by atoms with E-state index in [4.69, 9.17) is 4.98 Å². The Morgan fingerprint density at radius 1 is 1.22 bits per heavy atom. The van der Waals surface area contributed by atoms with Crippen LogP contribution in [-0.4, -0.2) is 90.0 Å². The highest BCUT2D eigenvalue weighted by atomic mass is 15.4. The molecule has 0 radical (unpaired) electrons. The first-order valence-electron chi connectivity index (χ1n) is 9.82. The predicted molar refractivity (Wildman–Crippen MR) is 111 cm³/mol. The molecule has 0 N–H and O–H groups in total. The minimum absolute atomic E-state index is 0.672. The number of hydrogen-bond acceptors (Lipinski definition) is 6. The Labute approximate surface area is 161 Å². The number of piperazine rings is 1. The maximum atomic E-state index is 4.72. The highest BCUT2D eigenvalue weighted by molar-refractivity contribution is 5.87. The van der Waals surface area contributed by atoms with Crippen molar-refractivity contribution in [3.8, 4) is 0 Å². The van der Waals surface area contributed by atoms with Gasteiger partial charge in [0.15, 0.2) is 5.65 Å². The summed E-state index contributed by atoms with van der Waals surface area (Å²) in [6.07, 6.45) is 10.8. The van der Waals surface area contributed by atoms with E-state index in [9.17, 15) is 0 Å². The van der Waals surface area contributed by atoms with E-state index in [0.717, 1.165) is 36.4 Å². The summed E-state index contributed by atoms with van der Waals surface area (Å²) in [6.45, 7) is 9.03. The van der Waals surface area contributed by atoms with Crippen LogP contribution in [0.5, 0.6) is 0 Å². The smallest absolute Gasteiger partial charge is 0.162 e. The second-order valence-electron chi connectivity index (χ2n) is 7.49. The van der Waals surface area contributed by atoms with Crippen molar-refractivity contribution in [3.05, 3.63) is 30.2 Å². The first-order chi connectivity index (χ1) is 13.2. The van der Waals surface area contributed by atoms with Gasteiger partial charge in [0.1, 0.15) is 0 Å². The molecule has 2 aliphatic heterocycles. The Hall–Kier alpha value is -2.25. The third-order valence-corrected chi connectivity index (χ3v) is 5.78. The van der Waals surface area contributed by atoms with Crippen LogP contribution in [0.1, 0.15) is 18.9 Å². The molecule has 0 saturated carbocycles. The number of allylic oxidation sites excluding steroid dienone is 2. The van der Waals surface area contributed by atoms with Gasteiger partial charge in [-0.1, -0.05) is 6.92 Å². The lowest BCUT2D eigenvalue weighted by atomic mass is 10.1. The molecule has 0 amide bonds. The van der Waals surface area contributed by atoms with Gasteiger partial charge in [-0.05, 0) is 25.1 Å². The van der Waals surface area contributed by atoms with Gasteiger partial charge in [0.25, 0.3) is 0 Å². The number of anilines is 1. The summed E-state index contributed by atoms with van der Waals surface area (Å²) in [4.78, 5) is 16.2. The van der Waals surface area contributed by atoms with Crippen LogP contribution >= 0.6 is 0 Å². The van der Waals surface area contributed by atoms with E-state index in [1.54, 1.807) is 7.05 Å². The molecule has 27 heavy (non-hydrogen) atoms. The van der Waals surface area contributed by atoms with Crippen LogP contribution in [0.25, 0.3) is 11.2 Å². The molecule has 4 rings (SSSR count). The highest BCUT2D eigenvalue weighted by Gasteiger charge is 2.33. The van der Waals surface area contributed by atoms with Crippen molar-refractivity contribution in [2.75, 3.05) is 58.3 Å². The van der Waals surface area contributed by atoms with Crippen LogP contribution in [0.3, 0.4) is 0 Å². The number of likely N-dealkylation sites (N-methyl/N-ethyl adjacent to an activating group) is 1. The highest BCUT2D eigenvalue weighted by Crippen LogP contribution is 2.26. The molecule has 2 aliphatic rings. The van der Waals surface area contributed by atoms with Gasteiger partial charge < -0.3 is 9.80 Å². The quantitative estimate of drug-likeness (QED) is 0.753. The summed E-state index contributed by atoms with van der Waals surface area (Å²) < 4.78 is 1.90. The SMILES string of the molecule is CC/C(=C\C=NC)c1cnn2cc(N3CC(N4CCN(C)CC4)C3)cnc12. The molecular formula is C20H29N7. The molecule has 4 heterocycles. The molecule has 0 aliphatic carbocycles. The maximum absolute atomic E-state index is 4.72. The molecule has 0 spiro atoms. The molecule has 0 aromatic carbocycles. The summed E-state index contributed by atoms with van der Waals surface area (Å²) in [5.41, 5.74) is 4.35. The second-order valence-corrected chi connectivity index (χ2v) is 7.49. The molecule has 2 aromatic heterocycles. The summed E-state index contributed by atoms with van der Waals surface area (Å²) in [6, 6.07) is 0.672. The standard InChI is InChI=1S/C20H29N7/c1-4-16(5-6-21-2)19-12-23-27-15-17(11-22-20(19)27)26-13-18(14-26)25-9-7-24(3)8-10-25/h5-6,11-12,15,18H,4,7-10,13-14H2,1-3H3/b16-5+,21-6?. The fraction of sp³-hybridized carbons (Fsp3) is 0.550. The van der Waals surface area contributed by atoms with Gasteiger partial charge in [-0.2, -0.15) is 5.10 Å². The van der Waals surface area contributed by atoms with Crippen molar-refractivity contribution < 1.29 is 0 Å². The van der Waals surface area contributed by atoms with E-state index in [2.05, 4.69) is 45.0 Å². The number of nitrogens with zero attached hydrogens (tertiary/aromatic N) is 7. The number of aromatic nitrogens is 3. The minimum Gasteiger partial charge on any atom is -0.366 e. The topological polar surface area (TPSA) is 52.3 Å². The molecule has 0 atom stereocenters. The fourth-order valence-electron chi connectivity index (χ4n) is 3.90. The van der Waals surface area contributed by atoms with Crippen LogP contribution in [0.4, 0.5) is 5.69 Å². The largest absolute Gasteiger partial charge is 0.366 e. The van der Waals surface area contributed by atoms with Crippen LogP contribution in [0.2, 0.25) is 0 Å².